The number of pyridine rings is 1. The minimum atomic E-state index is 0.719. The summed E-state index contributed by atoms with van der Waals surface area (Å²) < 4.78 is 2.18. The Morgan fingerprint density at radius 2 is 2.21 bits per heavy atom. The van der Waals surface area contributed by atoms with Gasteiger partial charge in [-0.1, -0.05) is 18.5 Å². The minimum Gasteiger partial charge on any atom is -0.338 e. The second-order valence-electron chi connectivity index (χ2n) is 4.58. The van der Waals surface area contributed by atoms with Crippen molar-refractivity contribution in [2.75, 3.05) is 0 Å². The van der Waals surface area contributed by atoms with Crippen molar-refractivity contribution in [1.82, 2.24) is 9.97 Å². The molecule has 0 unspecified atom stereocenters. The summed E-state index contributed by atoms with van der Waals surface area (Å²) in [5.41, 5.74) is 2.99. The molecule has 0 aliphatic heterocycles. The van der Waals surface area contributed by atoms with Gasteiger partial charge in [-0.3, -0.25) is 0 Å². The number of H-pyrrole nitrogens is 1. The number of benzene rings is 1. The van der Waals surface area contributed by atoms with Crippen LogP contribution in [-0.4, -0.2) is 9.97 Å². The maximum absolute atomic E-state index is 5.99. The maximum atomic E-state index is 5.99. The van der Waals surface area contributed by atoms with Gasteiger partial charge in [0.15, 0.2) is 12.4 Å². The molecule has 0 saturated heterocycles. The molecule has 2 heterocycles. The number of fused-ring (bicyclic) bond motifs is 1. The summed E-state index contributed by atoms with van der Waals surface area (Å²) >= 11 is 5.99. The van der Waals surface area contributed by atoms with E-state index < -0.39 is 0 Å². The van der Waals surface area contributed by atoms with Gasteiger partial charge in [0.2, 0.25) is 0 Å². The number of hydrogen-bond donors (Lipinski definition) is 1. The number of rotatable bonds is 3. The summed E-state index contributed by atoms with van der Waals surface area (Å²) in [7, 11) is 0. The van der Waals surface area contributed by atoms with Crippen molar-refractivity contribution in [3.63, 3.8) is 0 Å². The number of halogens is 1. The average molecular weight is 273 g/mol. The zero-order valence-electron chi connectivity index (χ0n) is 10.7. The molecule has 4 heteroatoms. The molecule has 3 aromatic rings. The van der Waals surface area contributed by atoms with Crippen molar-refractivity contribution in [1.29, 1.82) is 0 Å². The van der Waals surface area contributed by atoms with Gasteiger partial charge in [-0.15, -0.1) is 0 Å². The van der Waals surface area contributed by atoms with E-state index in [4.69, 9.17) is 11.6 Å². The molecule has 0 radical (unpaired) electrons. The summed E-state index contributed by atoms with van der Waals surface area (Å²) in [5, 5.41) is 0.719. The molecule has 3 rings (SSSR count). The molecule has 2 aromatic heterocycles. The Kier molecular flexibility index (Phi) is 3.22. The summed E-state index contributed by atoms with van der Waals surface area (Å²) in [6.45, 7) is 3.18. The van der Waals surface area contributed by atoms with Crippen LogP contribution >= 0.6 is 11.6 Å². The summed E-state index contributed by atoms with van der Waals surface area (Å²) in [4.78, 5) is 7.91. The van der Waals surface area contributed by atoms with Crippen molar-refractivity contribution >= 4 is 22.6 Å². The lowest BCUT2D eigenvalue weighted by Gasteiger charge is -1.96. The lowest BCUT2D eigenvalue weighted by molar-refractivity contribution is -0.696. The third kappa shape index (κ3) is 2.47. The number of nitrogens with one attached hydrogen (secondary N) is 1. The number of imidazole rings is 1. The van der Waals surface area contributed by atoms with Gasteiger partial charge in [-0.25, -0.2) is 9.55 Å². The van der Waals surface area contributed by atoms with E-state index >= 15 is 0 Å². The predicted molar refractivity (Wildman–Crippen MR) is 77.0 cm³/mol. The molecule has 1 N–H and O–H groups in total. The standard InChI is InChI=1S/C15H15ClN3/c1-2-7-19-8-3-4-11(10-19)15-17-13-6-5-12(16)9-14(13)18-15/h3-6,8-10H,2,7H2,1H3,(H,17,18)/q+1. The van der Waals surface area contributed by atoms with E-state index in [2.05, 4.69) is 39.9 Å². The highest BCUT2D eigenvalue weighted by molar-refractivity contribution is 6.31. The van der Waals surface area contributed by atoms with Crippen LogP contribution in [0.1, 0.15) is 13.3 Å². The number of aromatic amines is 1. The maximum Gasteiger partial charge on any atom is 0.179 e. The Morgan fingerprint density at radius 3 is 3.05 bits per heavy atom. The zero-order valence-corrected chi connectivity index (χ0v) is 11.5. The molecule has 0 fully saturated rings. The lowest BCUT2D eigenvalue weighted by Crippen LogP contribution is -2.32. The predicted octanol–water partition coefficient (Wildman–Crippen LogP) is 3.58. The highest BCUT2D eigenvalue weighted by Crippen LogP contribution is 2.21. The van der Waals surface area contributed by atoms with E-state index in [9.17, 15) is 0 Å². The summed E-state index contributed by atoms with van der Waals surface area (Å²) in [6, 6.07) is 9.80. The topological polar surface area (TPSA) is 32.6 Å². The van der Waals surface area contributed by atoms with Crippen LogP contribution < -0.4 is 4.57 Å². The van der Waals surface area contributed by atoms with E-state index in [1.807, 2.05) is 24.3 Å². The van der Waals surface area contributed by atoms with Crippen LogP contribution in [0.3, 0.4) is 0 Å². The van der Waals surface area contributed by atoms with Crippen LogP contribution in [0.4, 0.5) is 0 Å². The third-order valence-corrected chi connectivity index (χ3v) is 3.29. The molecule has 96 valence electrons. The molecule has 0 aliphatic rings. The molecule has 19 heavy (non-hydrogen) atoms. The molecule has 0 saturated carbocycles. The molecule has 0 aliphatic carbocycles. The fourth-order valence-electron chi connectivity index (χ4n) is 2.18. The molecule has 0 amide bonds. The van der Waals surface area contributed by atoms with Gasteiger partial charge in [0.05, 0.1) is 16.6 Å². The van der Waals surface area contributed by atoms with E-state index in [-0.39, 0.29) is 0 Å². The normalized spacial score (nSPS) is 11.1. The molecular formula is C15H15ClN3+. The Balaban J connectivity index is 2.05. The smallest absolute Gasteiger partial charge is 0.179 e. The average Bonchev–Trinajstić information content (AvgIpc) is 2.82. The second-order valence-corrected chi connectivity index (χ2v) is 5.01. The first-order chi connectivity index (χ1) is 9.26. The van der Waals surface area contributed by atoms with Crippen molar-refractivity contribution in [2.45, 2.75) is 19.9 Å². The fourth-order valence-corrected chi connectivity index (χ4v) is 2.35. The Hall–Kier alpha value is -1.87. The van der Waals surface area contributed by atoms with Gasteiger partial charge < -0.3 is 4.98 Å². The van der Waals surface area contributed by atoms with Gasteiger partial charge >= 0.3 is 0 Å². The van der Waals surface area contributed by atoms with Crippen LogP contribution in [0.2, 0.25) is 5.02 Å². The third-order valence-electron chi connectivity index (χ3n) is 3.06. The molecule has 3 nitrogen and oxygen atoms in total. The lowest BCUT2D eigenvalue weighted by atomic mass is 10.2. The van der Waals surface area contributed by atoms with E-state index in [1.54, 1.807) is 0 Å². The van der Waals surface area contributed by atoms with Crippen molar-refractivity contribution < 1.29 is 4.57 Å². The molecule has 0 atom stereocenters. The quantitative estimate of drug-likeness (QED) is 0.726. The van der Waals surface area contributed by atoms with Crippen molar-refractivity contribution in [3.05, 3.63) is 47.7 Å². The van der Waals surface area contributed by atoms with Gasteiger partial charge in [0.25, 0.3) is 0 Å². The molecular weight excluding hydrogens is 258 g/mol. The first-order valence-corrected chi connectivity index (χ1v) is 6.79. The number of nitrogens with zero attached hydrogens (tertiary/aromatic N) is 2. The summed E-state index contributed by atoms with van der Waals surface area (Å²) in [5.74, 6) is 0.878. The van der Waals surface area contributed by atoms with Crippen LogP contribution in [0.15, 0.2) is 42.7 Å². The highest BCUT2D eigenvalue weighted by Gasteiger charge is 2.09. The largest absolute Gasteiger partial charge is 0.338 e. The Morgan fingerprint density at radius 1 is 1.32 bits per heavy atom. The highest BCUT2D eigenvalue weighted by atomic mass is 35.5. The Labute approximate surface area is 116 Å². The number of hydrogen-bond acceptors (Lipinski definition) is 1. The first-order valence-electron chi connectivity index (χ1n) is 6.41. The summed E-state index contributed by atoms with van der Waals surface area (Å²) in [6.07, 6.45) is 5.30. The number of aromatic nitrogens is 3. The fraction of sp³-hybridized carbons (Fsp3) is 0.200. The van der Waals surface area contributed by atoms with Gasteiger partial charge in [-0.05, 0) is 24.3 Å². The zero-order chi connectivity index (χ0) is 13.2. The van der Waals surface area contributed by atoms with Crippen molar-refractivity contribution in [2.24, 2.45) is 0 Å². The Bertz CT molecular complexity index is 718. The molecule has 0 spiro atoms. The van der Waals surface area contributed by atoms with E-state index in [0.717, 1.165) is 40.4 Å². The van der Waals surface area contributed by atoms with E-state index in [1.165, 1.54) is 0 Å². The van der Waals surface area contributed by atoms with E-state index in [0.29, 0.717) is 0 Å². The van der Waals surface area contributed by atoms with Crippen LogP contribution in [-0.2, 0) is 6.54 Å². The minimum absolute atomic E-state index is 0.719. The molecule has 0 bridgehead atoms. The number of aryl methyl sites for hydroxylation is 1. The van der Waals surface area contributed by atoms with Gasteiger partial charge in [0.1, 0.15) is 12.4 Å². The van der Waals surface area contributed by atoms with Crippen LogP contribution in [0.25, 0.3) is 22.4 Å². The van der Waals surface area contributed by atoms with Crippen LogP contribution in [0, 0.1) is 0 Å². The van der Waals surface area contributed by atoms with Crippen LogP contribution in [0.5, 0.6) is 0 Å². The monoisotopic (exact) mass is 272 g/mol. The first kappa shape index (κ1) is 12.2. The van der Waals surface area contributed by atoms with Gasteiger partial charge in [0, 0.05) is 17.5 Å². The molecule has 1 aromatic carbocycles. The SMILES string of the molecule is CCC[n+]1cccc(-c2nc3ccc(Cl)cc3[nH]2)c1. The van der Waals surface area contributed by atoms with Crippen molar-refractivity contribution in [3.8, 4) is 11.4 Å². The van der Waals surface area contributed by atoms with Gasteiger partial charge in [-0.2, -0.15) is 0 Å². The second kappa shape index (κ2) is 5.02.